The van der Waals surface area contributed by atoms with Crippen molar-refractivity contribution in [3.05, 3.63) is 35.4 Å². The third kappa shape index (κ3) is 4.84. The number of carbonyl (C=O) groups excluding carboxylic acids is 3. The number of hydrogen-bond donors (Lipinski definition) is 3. The summed E-state index contributed by atoms with van der Waals surface area (Å²) in [6.45, 7) is 1.88. The molecule has 1 rings (SSSR count). The van der Waals surface area contributed by atoms with Gasteiger partial charge in [0.05, 0.1) is 6.42 Å². The smallest absolute Gasteiger partial charge is 0.306 e. The molecular formula is C12H13N3O3S. The second-order valence-corrected chi connectivity index (χ2v) is 4.27. The first kappa shape index (κ1) is 14.8. The van der Waals surface area contributed by atoms with E-state index in [0.29, 0.717) is 5.56 Å². The lowest BCUT2D eigenvalue weighted by molar-refractivity contribution is -0.137. The minimum atomic E-state index is -0.965. The van der Waals surface area contributed by atoms with E-state index in [1.54, 1.807) is 24.3 Å². The summed E-state index contributed by atoms with van der Waals surface area (Å²) in [4.78, 5) is 34.5. The molecule has 0 aliphatic heterocycles. The molecule has 0 saturated carbocycles. The van der Waals surface area contributed by atoms with Crippen LogP contribution >= 0.6 is 12.2 Å². The summed E-state index contributed by atoms with van der Waals surface area (Å²) in [6.07, 6.45) is -0.506. The number of amides is 1. The first-order valence-corrected chi connectivity index (χ1v) is 5.79. The maximum Gasteiger partial charge on any atom is 0.306 e. The number of benzene rings is 1. The fraction of sp³-hybridized carbons (Fsp3) is 0.167. The highest BCUT2D eigenvalue weighted by Crippen LogP contribution is 2.06. The first-order valence-electron chi connectivity index (χ1n) is 5.38. The maximum atomic E-state index is 11.7. The van der Waals surface area contributed by atoms with Gasteiger partial charge >= 0.3 is 5.91 Å². The zero-order chi connectivity index (χ0) is 14.4. The van der Waals surface area contributed by atoms with Gasteiger partial charge in [-0.1, -0.05) is 29.8 Å². The Balaban J connectivity index is 2.56. The molecule has 19 heavy (non-hydrogen) atoms. The Morgan fingerprint density at radius 2 is 1.74 bits per heavy atom. The molecule has 0 heterocycles. The van der Waals surface area contributed by atoms with Crippen molar-refractivity contribution in [1.82, 2.24) is 10.9 Å². The van der Waals surface area contributed by atoms with Crippen LogP contribution in [0, 0.1) is 6.92 Å². The molecule has 0 radical (unpaired) electrons. The molecule has 0 aliphatic carbocycles. The summed E-state index contributed by atoms with van der Waals surface area (Å²) in [7, 11) is 0. The summed E-state index contributed by atoms with van der Waals surface area (Å²) in [5.41, 5.74) is 10.6. The molecule has 0 unspecified atom stereocenters. The zero-order valence-corrected chi connectivity index (χ0v) is 11.0. The number of Topliss-reactive ketones (excluding diaryl/α,β-unsaturated/α-hetero) is 2. The molecule has 0 bridgehead atoms. The lowest BCUT2D eigenvalue weighted by atomic mass is 10.0. The van der Waals surface area contributed by atoms with Crippen LogP contribution in [0.1, 0.15) is 22.3 Å². The molecule has 1 amide bonds. The average Bonchev–Trinajstić information content (AvgIpc) is 2.36. The highest BCUT2D eigenvalue weighted by molar-refractivity contribution is 7.80. The fourth-order valence-corrected chi connectivity index (χ4v) is 1.31. The normalized spacial score (nSPS) is 9.53. The molecule has 6 nitrogen and oxygen atoms in total. The predicted molar refractivity (Wildman–Crippen MR) is 73.2 cm³/mol. The van der Waals surface area contributed by atoms with E-state index in [1.165, 1.54) is 0 Å². The SMILES string of the molecule is Cc1ccc(C(=O)CC(=O)C(=O)NNC(N)=S)cc1. The van der Waals surface area contributed by atoms with Crippen LogP contribution in [0.4, 0.5) is 0 Å². The Labute approximate surface area is 115 Å². The molecule has 1 aromatic carbocycles. The van der Waals surface area contributed by atoms with Crippen molar-refractivity contribution in [2.45, 2.75) is 13.3 Å². The molecular weight excluding hydrogens is 266 g/mol. The van der Waals surface area contributed by atoms with Crippen molar-refractivity contribution >= 4 is 34.8 Å². The number of hydrazine groups is 1. The molecule has 100 valence electrons. The quantitative estimate of drug-likeness (QED) is 0.236. The lowest BCUT2D eigenvalue weighted by Crippen LogP contribution is -2.47. The minimum Gasteiger partial charge on any atom is -0.375 e. The van der Waals surface area contributed by atoms with Crippen LogP contribution in [0.15, 0.2) is 24.3 Å². The van der Waals surface area contributed by atoms with Gasteiger partial charge in [0.2, 0.25) is 5.78 Å². The predicted octanol–water partition coefficient (Wildman–Crippen LogP) is 0.00132. The van der Waals surface area contributed by atoms with Crippen molar-refractivity contribution in [1.29, 1.82) is 0 Å². The Morgan fingerprint density at radius 1 is 1.16 bits per heavy atom. The number of nitrogens with one attached hydrogen (secondary N) is 2. The van der Waals surface area contributed by atoms with Crippen molar-refractivity contribution in [3.63, 3.8) is 0 Å². The molecule has 0 aliphatic rings. The molecule has 0 spiro atoms. The summed E-state index contributed by atoms with van der Waals surface area (Å²) in [6, 6.07) is 6.73. The van der Waals surface area contributed by atoms with Gasteiger partial charge in [0.15, 0.2) is 10.9 Å². The van der Waals surface area contributed by atoms with Crippen LogP contribution in [0.3, 0.4) is 0 Å². The Hall–Kier alpha value is -2.28. The van der Waals surface area contributed by atoms with E-state index in [1.807, 2.05) is 12.3 Å². The van der Waals surface area contributed by atoms with Gasteiger partial charge in [-0.15, -0.1) is 0 Å². The molecule has 0 aromatic heterocycles. The van der Waals surface area contributed by atoms with Crippen molar-refractivity contribution in [3.8, 4) is 0 Å². The van der Waals surface area contributed by atoms with E-state index in [9.17, 15) is 14.4 Å². The summed E-state index contributed by atoms with van der Waals surface area (Å²) < 4.78 is 0. The van der Waals surface area contributed by atoms with E-state index < -0.39 is 23.9 Å². The summed E-state index contributed by atoms with van der Waals surface area (Å²) in [5.74, 6) is -2.25. The van der Waals surface area contributed by atoms with Gasteiger partial charge in [-0.05, 0) is 19.1 Å². The monoisotopic (exact) mass is 279 g/mol. The van der Waals surface area contributed by atoms with E-state index >= 15 is 0 Å². The maximum absolute atomic E-state index is 11.7. The van der Waals surface area contributed by atoms with Gasteiger partial charge < -0.3 is 5.73 Å². The molecule has 1 aromatic rings. The van der Waals surface area contributed by atoms with E-state index in [-0.39, 0.29) is 5.11 Å². The highest BCUT2D eigenvalue weighted by Gasteiger charge is 2.18. The average molecular weight is 279 g/mol. The molecule has 0 atom stereocenters. The lowest BCUT2D eigenvalue weighted by Gasteiger charge is -2.05. The van der Waals surface area contributed by atoms with Crippen LogP contribution in [-0.2, 0) is 9.59 Å². The van der Waals surface area contributed by atoms with Gasteiger partial charge in [-0.25, -0.2) is 0 Å². The second kappa shape index (κ2) is 6.60. The van der Waals surface area contributed by atoms with E-state index in [0.717, 1.165) is 5.56 Å². The Kier molecular flexibility index (Phi) is 5.13. The largest absolute Gasteiger partial charge is 0.375 e. The summed E-state index contributed by atoms with van der Waals surface area (Å²) in [5, 5.41) is -0.175. The number of aryl methyl sites for hydroxylation is 1. The third-order valence-electron chi connectivity index (χ3n) is 2.25. The third-order valence-corrected chi connectivity index (χ3v) is 2.35. The van der Waals surface area contributed by atoms with Crippen LogP contribution in [-0.4, -0.2) is 22.6 Å². The molecule has 7 heteroatoms. The highest BCUT2D eigenvalue weighted by atomic mass is 32.1. The number of thiocarbonyl (C=S) groups is 1. The van der Waals surface area contributed by atoms with Gasteiger partial charge in [-0.2, -0.15) is 0 Å². The van der Waals surface area contributed by atoms with Crippen molar-refractivity contribution in [2.24, 2.45) is 5.73 Å². The van der Waals surface area contributed by atoms with Crippen molar-refractivity contribution in [2.75, 3.05) is 0 Å². The van der Waals surface area contributed by atoms with Crippen LogP contribution in [0.2, 0.25) is 0 Å². The Bertz CT molecular complexity index is 526. The topological polar surface area (TPSA) is 101 Å². The number of rotatable bonds is 4. The number of carbonyl (C=O) groups is 3. The fourth-order valence-electron chi connectivity index (χ4n) is 1.26. The van der Waals surface area contributed by atoms with Crippen LogP contribution in [0.25, 0.3) is 0 Å². The van der Waals surface area contributed by atoms with Crippen LogP contribution in [0.5, 0.6) is 0 Å². The van der Waals surface area contributed by atoms with Crippen LogP contribution < -0.4 is 16.6 Å². The second-order valence-electron chi connectivity index (χ2n) is 3.83. The minimum absolute atomic E-state index is 0.175. The molecule has 0 saturated heterocycles. The van der Waals surface area contributed by atoms with Gasteiger partial charge in [0.25, 0.3) is 0 Å². The first-order chi connectivity index (χ1) is 8.90. The van der Waals surface area contributed by atoms with E-state index in [4.69, 9.17) is 5.73 Å². The molecule has 4 N–H and O–H groups in total. The van der Waals surface area contributed by atoms with E-state index in [2.05, 4.69) is 17.6 Å². The summed E-state index contributed by atoms with van der Waals surface area (Å²) >= 11 is 4.45. The van der Waals surface area contributed by atoms with Crippen molar-refractivity contribution < 1.29 is 14.4 Å². The van der Waals surface area contributed by atoms with Gasteiger partial charge in [0.1, 0.15) is 0 Å². The molecule has 0 fully saturated rings. The number of nitrogens with two attached hydrogens (primary N) is 1. The number of hydrogen-bond acceptors (Lipinski definition) is 4. The Morgan fingerprint density at radius 3 is 2.26 bits per heavy atom. The number of ketones is 2. The van der Waals surface area contributed by atoms with Gasteiger partial charge in [-0.3, -0.25) is 25.2 Å². The standard InChI is InChI=1S/C12H13N3O3S/c1-7-2-4-8(5-3-7)9(16)6-10(17)11(18)14-15-12(13)19/h2-5H,6H2,1H3,(H,14,18)(H3,13,15,19). The zero-order valence-electron chi connectivity index (χ0n) is 10.2. The van der Waals surface area contributed by atoms with Gasteiger partial charge in [0, 0.05) is 5.56 Å².